The van der Waals surface area contributed by atoms with Crippen LogP contribution in [0.25, 0.3) is 0 Å². The molecule has 1 aromatic heterocycles. The summed E-state index contributed by atoms with van der Waals surface area (Å²) >= 11 is 2.02. The second-order valence-corrected chi connectivity index (χ2v) is 9.11. The molecule has 1 aromatic rings. The number of hydrogen-bond donors (Lipinski definition) is 1. The van der Waals surface area contributed by atoms with E-state index in [1.165, 1.54) is 36.4 Å². The average Bonchev–Trinajstić information content (AvgIpc) is 2.93. The number of fused-ring (bicyclic) bond motifs is 2. The van der Waals surface area contributed by atoms with Crippen molar-refractivity contribution in [3.63, 3.8) is 0 Å². The first-order chi connectivity index (χ1) is 11.1. The summed E-state index contributed by atoms with van der Waals surface area (Å²) in [6.07, 6.45) is 7.01. The van der Waals surface area contributed by atoms with E-state index in [0.29, 0.717) is 12.1 Å². The smallest absolute Gasteiger partial charge is 0.0969 e. The van der Waals surface area contributed by atoms with E-state index < -0.39 is 0 Å². The monoisotopic (exact) mass is 334 g/mol. The topological polar surface area (TPSA) is 38.5 Å². The molecule has 1 aliphatic carbocycles. The van der Waals surface area contributed by atoms with Crippen LogP contribution in [0, 0.1) is 5.92 Å². The van der Waals surface area contributed by atoms with E-state index in [1.807, 2.05) is 11.3 Å². The van der Waals surface area contributed by atoms with Crippen LogP contribution in [-0.4, -0.2) is 36.7 Å². The summed E-state index contributed by atoms with van der Waals surface area (Å²) < 4.78 is 6.43. The number of likely N-dealkylation sites (tertiary alicyclic amines) is 1. The Labute approximate surface area is 144 Å². The molecule has 0 amide bonds. The van der Waals surface area contributed by atoms with E-state index in [2.05, 4.69) is 24.8 Å². The van der Waals surface area contributed by atoms with Crippen LogP contribution in [0.2, 0.25) is 0 Å². The van der Waals surface area contributed by atoms with Crippen molar-refractivity contribution >= 4 is 11.3 Å². The largest absolute Gasteiger partial charge is 0.370 e. The molecule has 1 saturated carbocycles. The number of aryl methyl sites for hydroxylation is 1. The fraction of sp³-hybridized carbons (Fsp3) is 0.789. The Hall–Kier alpha value is -0.420. The molecule has 4 heteroatoms. The minimum absolute atomic E-state index is 0.00341. The zero-order valence-corrected chi connectivity index (χ0v) is 15.3. The zero-order chi connectivity index (χ0) is 16.0. The lowest BCUT2D eigenvalue weighted by Gasteiger charge is -2.49. The lowest BCUT2D eigenvalue weighted by Crippen LogP contribution is -2.53. The van der Waals surface area contributed by atoms with Gasteiger partial charge in [-0.05, 0) is 56.6 Å². The number of nitrogens with zero attached hydrogens (tertiary/aromatic N) is 1. The second kappa shape index (κ2) is 6.14. The number of rotatable bonds is 3. The Morgan fingerprint density at radius 1 is 1.43 bits per heavy atom. The normalized spacial score (nSPS) is 37.6. The Kier molecular flexibility index (Phi) is 4.29. The van der Waals surface area contributed by atoms with Gasteiger partial charge in [0.25, 0.3) is 0 Å². The van der Waals surface area contributed by atoms with Gasteiger partial charge in [-0.15, -0.1) is 11.3 Å². The van der Waals surface area contributed by atoms with E-state index in [4.69, 9.17) is 10.5 Å². The lowest BCUT2D eigenvalue weighted by molar-refractivity contribution is -0.114. The molecule has 2 fully saturated rings. The van der Waals surface area contributed by atoms with Crippen LogP contribution in [-0.2, 0) is 23.2 Å². The van der Waals surface area contributed by atoms with Crippen molar-refractivity contribution in [2.75, 3.05) is 19.7 Å². The van der Waals surface area contributed by atoms with Crippen LogP contribution in [0.1, 0.15) is 54.8 Å². The molecule has 0 aromatic carbocycles. The minimum Gasteiger partial charge on any atom is -0.370 e. The van der Waals surface area contributed by atoms with Crippen molar-refractivity contribution in [1.82, 2.24) is 4.90 Å². The summed E-state index contributed by atoms with van der Waals surface area (Å²) in [4.78, 5) is 5.81. The zero-order valence-electron chi connectivity index (χ0n) is 14.5. The first-order valence-corrected chi connectivity index (χ1v) is 10.2. The van der Waals surface area contributed by atoms with Crippen LogP contribution in [0.4, 0.5) is 0 Å². The molecule has 3 nitrogen and oxygen atoms in total. The van der Waals surface area contributed by atoms with Crippen LogP contribution < -0.4 is 5.73 Å². The van der Waals surface area contributed by atoms with Gasteiger partial charge in [0, 0.05) is 41.3 Å². The maximum Gasteiger partial charge on any atom is 0.0969 e. The quantitative estimate of drug-likeness (QED) is 0.922. The highest BCUT2D eigenvalue weighted by atomic mass is 32.1. The molecule has 3 heterocycles. The Morgan fingerprint density at radius 3 is 2.96 bits per heavy atom. The second-order valence-electron chi connectivity index (χ2n) is 7.89. The number of nitrogens with two attached hydrogens (primary N) is 1. The average molecular weight is 335 g/mol. The van der Waals surface area contributed by atoms with Crippen LogP contribution in [0.15, 0.2) is 6.07 Å². The first kappa shape index (κ1) is 16.1. The lowest BCUT2D eigenvalue weighted by atomic mass is 9.77. The van der Waals surface area contributed by atoms with Crippen LogP contribution in [0.3, 0.4) is 0 Å². The van der Waals surface area contributed by atoms with Gasteiger partial charge in [0.1, 0.15) is 0 Å². The van der Waals surface area contributed by atoms with E-state index >= 15 is 0 Å². The molecule has 0 radical (unpaired) electrons. The maximum absolute atomic E-state index is 6.43. The third-order valence-electron chi connectivity index (χ3n) is 6.22. The molecule has 2 atom stereocenters. The molecule has 2 aliphatic heterocycles. The van der Waals surface area contributed by atoms with Crippen molar-refractivity contribution in [3.05, 3.63) is 21.4 Å². The number of piperidine rings is 1. The van der Waals surface area contributed by atoms with Gasteiger partial charge in [0.05, 0.1) is 12.2 Å². The fourth-order valence-electron chi connectivity index (χ4n) is 4.81. The first-order valence-electron chi connectivity index (χ1n) is 9.35. The predicted molar refractivity (Wildman–Crippen MR) is 96.0 cm³/mol. The van der Waals surface area contributed by atoms with E-state index in [1.54, 1.807) is 4.88 Å². The third-order valence-corrected chi connectivity index (χ3v) is 7.56. The van der Waals surface area contributed by atoms with Crippen molar-refractivity contribution in [1.29, 1.82) is 0 Å². The molecule has 0 bridgehead atoms. The van der Waals surface area contributed by atoms with Gasteiger partial charge in [-0.2, -0.15) is 0 Å². The third kappa shape index (κ3) is 2.88. The Bertz CT molecular complexity index is 566. The molecule has 3 aliphatic rings. The molecular formula is C19H30N2OS. The standard InChI is InChI=1S/C19H30N2OS/c1-3-16-10-17-18(23-16)4-7-22-19(17)5-6-21(13(2)11-19)12-14-8-15(20)9-14/h10,13-15H,3-9,11-12,20H2,1-2H3/t13-,14?,15?,19+/m0/s1. The van der Waals surface area contributed by atoms with Gasteiger partial charge in [0.2, 0.25) is 0 Å². The minimum atomic E-state index is 0.00341. The summed E-state index contributed by atoms with van der Waals surface area (Å²) in [5.74, 6) is 0.831. The van der Waals surface area contributed by atoms with Gasteiger partial charge < -0.3 is 15.4 Å². The summed E-state index contributed by atoms with van der Waals surface area (Å²) in [6.45, 7) is 7.97. The molecule has 1 spiro atoms. The maximum atomic E-state index is 6.43. The van der Waals surface area contributed by atoms with Crippen molar-refractivity contribution in [3.8, 4) is 0 Å². The van der Waals surface area contributed by atoms with E-state index in [9.17, 15) is 0 Å². The van der Waals surface area contributed by atoms with E-state index in [0.717, 1.165) is 38.2 Å². The van der Waals surface area contributed by atoms with Crippen LogP contribution >= 0.6 is 11.3 Å². The Morgan fingerprint density at radius 2 is 2.26 bits per heavy atom. The predicted octanol–water partition coefficient (Wildman–Crippen LogP) is 3.30. The van der Waals surface area contributed by atoms with Gasteiger partial charge >= 0.3 is 0 Å². The van der Waals surface area contributed by atoms with E-state index in [-0.39, 0.29) is 5.60 Å². The summed E-state index contributed by atoms with van der Waals surface area (Å²) in [6, 6.07) is 3.53. The number of hydrogen-bond acceptors (Lipinski definition) is 4. The molecule has 0 unspecified atom stereocenters. The molecule has 1 saturated heterocycles. The molecule has 128 valence electrons. The van der Waals surface area contributed by atoms with Crippen molar-refractivity contribution in [2.45, 2.75) is 70.1 Å². The SMILES string of the molecule is CCc1cc2c(s1)CCO[C@@]21CCN(CC2CC(N)C2)[C@@H](C)C1. The summed E-state index contributed by atoms with van der Waals surface area (Å²) in [5.41, 5.74) is 7.49. The summed E-state index contributed by atoms with van der Waals surface area (Å²) in [5, 5.41) is 0. The van der Waals surface area contributed by atoms with Gasteiger partial charge in [-0.25, -0.2) is 0 Å². The van der Waals surface area contributed by atoms with Crippen molar-refractivity contribution < 1.29 is 4.74 Å². The van der Waals surface area contributed by atoms with Crippen molar-refractivity contribution in [2.24, 2.45) is 11.7 Å². The number of ether oxygens (including phenoxy) is 1. The molecule has 23 heavy (non-hydrogen) atoms. The highest BCUT2D eigenvalue weighted by Gasteiger charge is 2.45. The van der Waals surface area contributed by atoms with Gasteiger partial charge in [0.15, 0.2) is 0 Å². The van der Waals surface area contributed by atoms with Gasteiger partial charge in [-0.3, -0.25) is 0 Å². The number of thiophene rings is 1. The molecule has 4 rings (SSSR count). The Balaban J connectivity index is 1.48. The highest BCUT2D eigenvalue weighted by molar-refractivity contribution is 7.12. The van der Waals surface area contributed by atoms with Gasteiger partial charge in [-0.1, -0.05) is 6.92 Å². The summed E-state index contributed by atoms with van der Waals surface area (Å²) in [7, 11) is 0. The van der Waals surface area contributed by atoms with Crippen LogP contribution in [0.5, 0.6) is 0 Å². The highest BCUT2D eigenvalue weighted by Crippen LogP contribution is 2.46. The fourth-order valence-corrected chi connectivity index (χ4v) is 5.99. The molecular weight excluding hydrogens is 304 g/mol. The molecule has 2 N–H and O–H groups in total.